The van der Waals surface area contributed by atoms with E-state index in [1.807, 2.05) is 6.92 Å². The molecule has 1 saturated heterocycles. The van der Waals surface area contributed by atoms with Crippen LogP contribution in [0.25, 0.3) is 0 Å². The van der Waals surface area contributed by atoms with Gasteiger partial charge >= 0.3 is 0 Å². The van der Waals surface area contributed by atoms with E-state index in [9.17, 15) is 9.59 Å². The fraction of sp³-hybridized carbons (Fsp3) is 0.467. The van der Waals surface area contributed by atoms with Gasteiger partial charge in [0.2, 0.25) is 0 Å². The lowest BCUT2D eigenvalue weighted by molar-refractivity contribution is -0.119. The van der Waals surface area contributed by atoms with Crippen molar-refractivity contribution in [1.82, 2.24) is 10.2 Å². The molecule has 0 unspecified atom stereocenters. The van der Waals surface area contributed by atoms with Crippen LogP contribution in [0.3, 0.4) is 0 Å². The van der Waals surface area contributed by atoms with Gasteiger partial charge < -0.3 is 25.4 Å². The molecule has 1 aliphatic rings. The average Bonchev–Trinajstić information content (AvgIpc) is 2.52. The first kappa shape index (κ1) is 20.3. The Morgan fingerprint density at radius 2 is 2.17 bits per heavy atom. The van der Waals surface area contributed by atoms with Crippen molar-refractivity contribution in [2.75, 3.05) is 33.4 Å². The summed E-state index contributed by atoms with van der Waals surface area (Å²) in [5.41, 5.74) is 5.47. The molecule has 0 spiro atoms. The molecule has 0 radical (unpaired) electrons. The molecule has 9 heteroatoms. The maximum Gasteiger partial charge on any atom is 0.255 e. The third kappa shape index (κ3) is 4.66. The van der Waals surface area contributed by atoms with Crippen LogP contribution in [0, 0.1) is 0 Å². The molecular formula is C15H21Cl2N3O4. The maximum atomic E-state index is 12.7. The van der Waals surface area contributed by atoms with Crippen molar-refractivity contribution in [1.29, 1.82) is 0 Å². The lowest BCUT2D eigenvalue weighted by Gasteiger charge is -2.34. The quantitative estimate of drug-likeness (QED) is 0.800. The number of halogens is 2. The van der Waals surface area contributed by atoms with E-state index in [2.05, 4.69) is 5.32 Å². The summed E-state index contributed by atoms with van der Waals surface area (Å²) in [5, 5.41) is 3.42. The van der Waals surface area contributed by atoms with E-state index >= 15 is 0 Å². The largest absolute Gasteiger partial charge is 0.493 e. The van der Waals surface area contributed by atoms with Gasteiger partial charge in [-0.25, -0.2) is 0 Å². The van der Waals surface area contributed by atoms with Crippen LogP contribution in [-0.4, -0.2) is 56.1 Å². The molecule has 0 bridgehead atoms. The molecule has 0 saturated carbocycles. The first-order valence-corrected chi connectivity index (χ1v) is 7.62. The van der Waals surface area contributed by atoms with Crippen molar-refractivity contribution in [3.8, 4) is 11.5 Å². The number of ether oxygens (including phenoxy) is 2. The first-order valence-electron chi connectivity index (χ1n) is 7.24. The van der Waals surface area contributed by atoms with E-state index in [0.29, 0.717) is 12.1 Å². The highest BCUT2D eigenvalue weighted by Gasteiger charge is 2.26. The summed E-state index contributed by atoms with van der Waals surface area (Å²) in [6.07, 6.45) is 0. The standard InChI is InChI=1S/C15H20ClN3O4.ClH/c1-9-7-18-3-4-19(9)15(21)10-5-11(16)14(12(6-10)22-2)23-8-13(17)20;/h5-6,9,18H,3-4,7-8H2,1-2H3,(H2,17,20);1H/t9-;/m0./s1. The van der Waals surface area contributed by atoms with Gasteiger partial charge in [0, 0.05) is 31.2 Å². The highest BCUT2D eigenvalue weighted by Crippen LogP contribution is 2.36. The Bertz CT molecular complexity index is 613. The smallest absolute Gasteiger partial charge is 0.255 e. The van der Waals surface area contributed by atoms with Crippen LogP contribution in [0.2, 0.25) is 5.02 Å². The fourth-order valence-corrected chi connectivity index (χ4v) is 2.70. The number of piperazine rings is 1. The minimum absolute atomic E-state index is 0. The Morgan fingerprint density at radius 3 is 2.75 bits per heavy atom. The summed E-state index contributed by atoms with van der Waals surface area (Å²) in [6.45, 7) is 3.78. The third-order valence-corrected chi connectivity index (χ3v) is 3.88. The number of nitrogens with two attached hydrogens (primary N) is 1. The summed E-state index contributed by atoms with van der Waals surface area (Å²) in [4.78, 5) is 25.3. The summed E-state index contributed by atoms with van der Waals surface area (Å²) >= 11 is 6.18. The summed E-state index contributed by atoms with van der Waals surface area (Å²) in [7, 11) is 1.44. The number of hydrogen-bond donors (Lipinski definition) is 2. The molecule has 24 heavy (non-hydrogen) atoms. The summed E-state index contributed by atoms with van der Waals surface area (Å²) < 4.78 is 10.5. The topological polar surface area (TPSA) is 93.9 Å². The molecular weight excluding hydrogens is 357 g/mol. The number of nitrogens with zero attached hydrogens (tertiary/aromatic N) is 1. The SMILES string of the molecule is COc1cc(C(=O)N2CCNC[C@@H]2C)cc(Cl)c1OCC(N)=O.Cl. The number of carbonyl (C=O) groups is 2. The molecule has 2 rings (SSSR count). The highest BCUT2D eigenvalue weighted by molar-refractivity contribution is 6.32. The molecule has 134 valence electrons. The molecule has 1 aliphatic heterocycles. The van der Waals surface area contributed by atoms with E-state index in [0.717, 1.165) is 13.1 Å². The molecule has 0 aromatic heterocycles. The molecule has 7 nitrogen and oxygen atoms in total. The van der Waals surface area contributed by atoms with Gasteiger partial charge in [-0.15, -0.1) is 12.4 Å². The molecule has 3 N–H and O–H groups in total. The normalized spacial score (nSPS) is 17.0. The van der Waals surface area contributed by atoms with Crippen molar-refractivity contribution >= 4 is 35.8 Å². The third-order valence-electron chi connectivity index (χ3n) is 3.60. The van der Waals surface area contributed by atoms with E-state index in [4.69, 9.17) is 26.8 Å². The molecule has 0 aliphatic carbocycles. The van der Waals surface area contributed by atoms with Crippen LogP contribution < -0.4 is 20.5 Å². The second-order valence-corrected chi connectivity index (χ2v) is 5.70. The van der Waals surface area contributed by atoms with Gasteiger partial charge in [-0.1, -0.05) is 11.6 Å². The van der Waals surface area contributed by atoms with Crippen molar-refractivity contribution in [2.45, 2.75) is 13.0 Å². The number of nitrogens with one attached hydrogen (secondary N) is 1. The molecule has 1 aromatic carbocycles. The molecule has 1 heterocycles. The highest BCUT2D eigenvalue weighted by atomic mass is 35.5. The van der Waals surface area contributed by atoms with Crippen molar-refractivity contribution in [3.63, 3.8) is 0 Å². The fourth-order valence-electron chi connectivity index (χ4n) is 2.44. The summed E-state index contributed by atoms with van der Waals surface area (Å²) in [6, 6.07) is 3.16. The van der Waals surface area contributed by atoms with Gasteiger partial charge in [-0.3, -0.25) is 9.59 Å². The van der Waals surface area contributed by atoms with Crippen LogP contribution in [0.4, 0.5) is 0 Å². The zero-order valence-corrected chi connectivity index (χ0v) is 15.1. The molecule has 1 fully saturated rings. The van der Waals surface area contributed by atoms with E-state index < -0.39 is 5.91 Å². The first-order chi connectivity index (χ1) is 10.9. The zero-order chi connectivity index (χ0) is 17.0. The Labute approximate surface area is 151 Å². The Balaban J connectivity index is 0.00000288. The van der Waals surface area contributed by atoms with E-state index in [1.54, 1.807) is 11.0 Å². The summed E-state index contributed by atoms with van der Waals surface area (Å²) in [5.74, 6) is -0.277. The maximum absolute atomic E-state index is 12.7. The number of benzene rings is 1. The number of rotatable bonds is 5. The number of primary amides is 1. The molecule has 1 atom stereocenters. The van der Waals surface area contributed by atoms with Gasteiger partial charge in [0.25, 0.3) is 11.8 Å². The predicted molar refractivity (Wildman–Crippen MR) is 93.3 cm³/mol. The number of carbonyl (C=O) groups excluding carboxylic acids is 2. The molecule has 1 aromatic rings. The van der Waals surface area contributed by atoms with Gasteiger partial charge in [-0.2, -0.15) is 0 Å². The second kappa shape index (κ2) is 8.96. The van der Waals surface area contributed by atoms with Crippen molar-refractivity contribution in [3.05, 3.63) is 22.7 Å². The monoisotopic (exact) mass is 377 g/mol. The van der Waals surface area contributed by atoms with Crippen LogP contribution in [0.15, 0.2) is 12.1 Å². The predicted octanol–water partition coefficient (Wildman–Crippen LogP) is 1.07. The van der Waals surface area contributed by atoms with Gasteiger partial charge in [-0.05, 0) is 19.1 Å². The number of hydrogen-bond acceptors (Lipinski definition) is 5. The van der Waals surface area contributed by atoms with E-state index in [1.165, 1.54) is 13.2 Å². The van der Waals surface area contributed by atoms with Crippen LogP contribution in [0.1, 0.15) is 17.3 Å². The number of methoxy groups -OCH3 is 1. The minimum Gasteiger partial charge on any atom is -0.493 e. The average molecular weight is 378 g/mol. The lowest BCUT2D eigenvalue weighted by Crippen LogP contribution is -2.52. The zero-order valence-electron chi connectivity index (χ0n) is 13.5. The van der Waals surface area contributed by atoms with Crippen molar-refractivity contribution in [2.24, 2.45) is 5.73 Å². The van der Waals surface area contributed by atoms with Gasteiger partial charge in [0.1, 0.15) is 0 Å². The van der Waals surface area contributed by atoms with E-state index in [-0.39, 0.29) is 47.5 Å². The Kier molecular flexibility index (Phi) is 7.59. The van der Waals surface area contributed by atoms with Gasteiger partial charge in [0.15, 0.2) is 18.1 Å². The Morgan fingerprint density at radius 1 is 1.46 bits per heavy atom. The lowest BCUT2D eigenvalue weighted by atomic mass is 10.1. The van der Waals surface area contributed by atoms with Crippen molar-refractivity contribution < 1.29 is 19.1 Å². The van der Waals surface area contributed by atoms with Crippen LogP contribution in [-0.2, 0) is 4.79 Å². The van der Waals surface area contributed by atoms with Crippen LogP contribution >= 0.6 is 24.0 Å². The van der Waals surface area contributed by atoms with Crippen LogP contribution in [0.5, 0.6) is 11.5 Å². The molecule has 2 amide bonds. The van der Waals surface area contributed by atoms with Gasteiger partial charge in [0.05, 0.1) is 12.1 Å². The number of amides is 2. The Hall–Kier alpha value is -1.70. The second-order valence-electron chi connectivity index (χ2n) is 5.30. The minimum atomic E-state index is -0.627.